The van der Waals surface area contributed by atoms with E-state index < -0.39 is 11.4 Å². The van der Waals surface area contributed by atoms with Gasteiger partial charge in [-0.15, -0.1) is 4.37 Å². The lowest BCUT2D eigenvalue weighted by molar-refractivity contribution is -0.137. The van der Waals surface area contributed by atoms with Crippen molar-refractivity contribution in [3.05, 3.63) is 51.3 Å². The Hall–Kier alpha value is -2.25. The Bertz CT molecular complexity index is 743. The molecule has 0 aliphatic heterocycles. The fraction of sp³-hybridized carbons (Fsp3) is 0.143. The predicted octanol–water partition coefficient (Wildman–Crippen LogP) is 2.92. The van der Waals surface area contributed by atoms with Gasteiger partial charge in [-0.1, -0.05) is 23.7 Å². The molecular weight excluding hydrogens is 328 g/mol. The minimum atomic E-state index is -0.563. The second-order valence-corrected chi connectivity index (χ2v) is 4.83. The molecule has 0 saturated heterocycles. The standard InChI is InChI=1S/C14H11ClN2O4S/c1-2-20-11(18)8-5-9-3-6-10(7-4-9)21-14-12(19)13(15)16-22-17-14/h3-8H,2H2,1H3. The van der Waals surface area contributed by atoms with E-state index in [4.69, 9.17) is 21.1 Å². The molecule has 8 heteroatoms. The molecular formula is C14H11ClN2O4S. The molecule has 22 heavy (non-hydrogen) atoms. The first-order valence-corrected chi connectivity index (χ1v) is 7.36. The van der Waals surface area contributed by atoms with Crippen LogP contribution in [0.4, 0.5) is 0 Å². The summed E-state index contributed by atoms with van der Waals surface area (Å²) in [5.74, 6) is -0.108. The van der Waals surface area contributed by atoms with Crippen molar-refractivity contribution in [1.82, 2.24) is 8.75 Å². The summed E-state index contributed by atoms with van der Waals surface area (Å²) < 4.78 is 17.5. The summed E-state index contributed by atoms with van der Waals surface area (Å²) in [6.07, 6.45) is 2.95. The van der Waals surface area contributed by atoms with Crippen LogP contribution in [0.2, 0.25) is 5.15 Å². The lowest BCUT2D eigenvalue weighted by Gasteiger charge is -2.03. The number of rotatable bonds is 5. The normalized spacial score (nSPS) is 10.6. The molecule has 0 spiro atoms. The molecule has 0 N–H and O–H groups in total. The zero-order valence-corrected chi connectivity index (χ0v) is 13.1. The fourth-order valence-corrected chi connectivity index (χ4v) is 2.01. The third-order valence-corrected chi connectivity index (χ3v) is 3.29. The van der Waals surface area contributed by atoms with Crippen LogP contribution < -0.4 is 10.2 Å². The minimum absolute atomic E-state index is 0.125. The molecule has 0 amide bonds. The molecule has 0 aliphatic rings. The number of halogens is 1. The molecule has 2 aromatic rings. The summed E-state index contributed by atoms with van der Waals surface area (Å²) in [4.78, 5) is 22.8. The number of hydrogen-bond acceptors (Lipinski definition) is 7. The summed E-state index contributed by atoms with van der Waals surface area (Å²) in [7, 11) is 0. The first kappa shape index (κ1) is 16.1. The third-order valence-electron chi connectivity index (χ3n) is 2.42. The van der Waals surface area contributed by atoms with Crippen LogP contribution in [0, 0.1) is 0 Å². The lowest BCUT2D eigenvalue weighted by atomic mass is 10.2. The maximum absolute atomic E-state index is 11.6. The summed E-state index contributed by atoms with van der Waals surface area (Å²) in [5, 5.41) is -0.177. The molecule has 114 valence electrons. The van der Waals surface area contributed by atoms with Crippen LogP contribution in [0.1, 0.15) is 12.5 Å². The second-order valence-electron chi connectivity index (χ2n) is 3.95. The van der Waals surface area contributed by atoms with Crippen molar-refractivity contribution in [1.29, 1.82) is 0 Å². The van der Waals surface area contributed by atoms with Crippen LogP contribution in [0.15, 0.2) is 35.1 Å². The number of ether oxygens (including phenoxy) is 2. The van der Waals surface area contributed by atoms with Crippen molar-refractivity contribution >= 4 is 35.4 Å². The van der Waals surface area contributed by atoms with E-state index in [9.17, 15) is 9.59 Å². The van der Waals surface area contributed by atoms with Gasteiger partial charge < -0.3 is 9.47 Å². The van der Waals surface area contributed by atoms with Crippen molar-refractivity contribution < 1.29 is 14.3 Å². The lowest BCUT2D eigenvalue weighted by Crippen LogP contribution is -2.07. The molecule has 1 aromatic heterocycles. The van der Waals surface area contributed by atoms with Gasteiger partial charge in [-0.3, -0.25) is 4.79 Å². The number of benzene rings is 1. The molecule has 0 fully saturated rings. The molecule has 0 atom stereocenters. The summed E-state index contributed by atoms with van der Waals surface area (Å²) in [6, 6.07) is 6.74. The van der Waals surface area contributed by atoms with Crippen molar-refractivity contribution in [3.8, 4) is 11.6 Å². The highest BCUT2D eigenvalue weighted by Gasteiger charge is 2.09. The average molecular weight is 339 g/mol. The number of esters is 1. The Labute approximate surface area is 135 Å². The van der Waals surface area contributed by atoms with Gasteiger partial charge in [0.2, 0.25) is 0 Å². The van der Waals surface area contributed by atoms with Gasteiger partial charge in [0, 0.05) is 6.08 Å². The Morgan fingerprint density at radius 3 is 2.73 bits per heavy atom. The highest BCUT2D eigenvalue weighted by molar-refractivity contribution is 6.99. The van der Waals surface area contributed by atoms with E-state index in [1.165, 1.54) is 6.08 Å². The largest absolute Gasteiger partial charge is 0.463 e. The van der Waals surface area contributed by atoms with Crippen molar-refractivity contribution in [2.45, 2.75) is 6.92 Å². The SMILES string of the molecule is CCOC(=O)C=Cc1ccc(Oc2nsnc(Cl)c2=O)cc1. The third kappa shape index (κ3) is 4.37. The molecule has 1 heterocycles. The molecule has 2 rings (SSSR count). The highest BCUT2D eigenvalue weighted by Crippen LogP contribution is 2.19. The smallest absolute Gasteiger partial charge is 0.330 e. The Morgan fingerprint density at radius 2 is 2.05 bits per heavy atom. The topological polar surface area (TPSA) is 78.4 Å². The van der Waals surface area contributed by atoms with Crippen LogP contribution in [-0.2, 0) is 9.53 Å². The van der Waals surface area contributed by atoms with Crippen LogP contribution in [0.5, 0.6) is 11.6 Å². The number of nitrogens with zero attached hydrogens (tertiary/aromatic N) is 2. The molecule has 0 unspecified atom stereocenters. The average Bonchev–Trinajstić information content (AvgIpc) is 2.51. The summed E-state index contributed by atoms with van der Waals surface area (Å²) >= 11 is 6.40. The van der Waals surface area contributed by atoms with E-state index in [0.717, 1.165) is 17.3 Å². The van der Waals surface area contributed by atoms with Gasteiger partial charge >= 0.3 is 5.97 Å². The summed E-state index contributed by atoms with van der Waals surface area (Å²) in [6.45, 7) is 2.07. The van der Waals surface area contributed by atoms with Gasteiger partial charge in [-0.25, -0.2) is 4.79 Å². The monoisotopic (exact) mass is 338 g/mol. The fourth-order valence-electron chi connectivity index (χ4n) is 1.44. The second kappa shape index (κ2) is 7.67. The van der Waals surface area contributed by atoms with Gasteiger partial charge in [0.25, 0.3) is 11.3 Å². The van der Waals surface area contributed by atoms with Crippen molar-refractivity contribution in [2.75, 3.05) is 6.61 Å². The van der Waals surface area contributed by atoms with E-state index in [2.05, 4.69) is 8.75 Å². The van der Waals surface area contributed by atoms with Gasteiger partial charge in [-0.05, 0) is 30.7 Å². The van der Waals surface area contributed by atoms with Gasteiger partial charge in [0.15, 0.2) is 5.15 Å². The zero-order chi connectivity index (χ0) is 15.9. The molecule has 0 aliphatic carbocycles. The number of hydrogen-bond donors (Lipinski definition) is 0. The molecule has 6 nitrogen and oxygen atoms in total. The van der Waals surface area contributed by atoms with Gasteiger partial charge in [-0.2, -0.15) is 4.37 Å². The van der Waals surface area contributed by atoms with Gasteiger partial charge in [0.1, 0.15) is 5.75 Å². The number of carbonyl (C=O) groups excluding carboxylic acids is 1. The maximum Gasteiger partial charge on any atom is 0.330 e. The van der Waals surface area contributed by atoms with Crippen LogP contribution in [0.3, 0.4) is 0 Å². The van der Waals surface area contributed by atoms with E-state index in [1.807, 2.05) is 0 Å². The first-order valence-electron chi connectivity index (χ1n) is 6.25. The molecule has 0 radical (unpaired) electrons. The predicted molar refractivity (Wildman–Crippen MR) is 83.4 cm³/mol. The highest BCUT2D eigenvalue weighted by atomic mass is 35.5. The van der Waals surface area contributed by atoms with Crippen molar-refractivity contribution in [3.63, 3.8) is 0 Å². The molecule has 1 aromatic carbocycles. The quantitative estimate of drug-likeness (QED) is 0.616. The molecule has 0 saturated carbocycles. The van der Waals surface area contributed by atoms with E-state index in [1.54, 1.807) is 37.3 Å². The zero-order valence-electron chi connectivity index (χ0n) is 11.5. The number of aromatic nitrogens is 2. The Morgan fingerprint density at radius 1 is 1.32 bits per heavy atom. The first-order chi connectivity index (χ1) is 10.6. The van der Waals surface area contributed by atoms with Crippen LogP contribution >= 0.6 is 23.3 Å². The Balaban J connectivity index is 2.08. The van der Waals surface area contributed by atoms with E-state index >= 15 is 0 Å². The van der Waals surface area contributed by atoms with Gasteiger partial charge in [0.05, 0.1) is 18.3 Å². The van der Waals surface area contributed by atoms with Crippen LogP contribution in [-0.4, -0.2) is 21.3 Å². The van der Waals surface area contributed by atoms with E-state index in [-0.39, 0.29) is 11.0 Å². The molecule has 0 bridgehead atoms. The maximum atomic E-state index is 11.6. The minimum Gasteiger partial charge on any atom is -0.463 e. The van der Waals surface area contributed by atoms with Crippen LogP contribution in [0.25, 0.3) is 6.08 Å². The number of carbonyl (C=O) groups is 1. The van der Waals surface area contributed by atoms with E-state index in [0.29, 0.717) is 12.4 Å². The Kier molecular flexibility index (Phi) is 5.62. The summed E-state index contributed by atoms with van der Waals surface area (Å²) in [5.41, 5.74) is 0.220. The van der Waals surface area contributed by atoms with Crippen molar-refractivity contribution in [2.24, 2.45) is 0 Å².